The van der Waals surface area contributed by atoms with Gasteiger partial charge in [-0.15, -0.1) is 0 Å². The second-order valence-corrected chi connectivity index (χ2v) is 12.1. The van der Waals surface area contributed by atoms with Crippen LogP contribution in [0, 0.1) is 0 Å². The number of phosphoric acid groups is 3. The Labute approximate surface area is 172 Å². The van der Waals surface area contributed by atoms with Crippen molar-refractivity contribution in [2.24, 2.45) is 0 Å². The van der Waals surface area contributed by atoms with E-state index in [2.05, 4.69) is 8.62 Å². The molecule has 0 aromatic carbocycles. The largest absolute Gasteiger partial charge is 0.490 e. The third-order valence-corrected chi connectivity index (χ3v) is 9.17. The van der Waals surface area contributed by atoms with E-state index in [0.29, 0.717) is 32.5 Å². The molecule has 2 rings (SSSR count). The van der Waals surface area contributed by atoms with Gasteiger partial charge in [-0.1, -0.05) is 0 Å². The lowest BCUT2D eigenvalue weighted by Gasteiger charge is -2.38. The van der Waals surface area contributed by atoms with Crippen LogP contribution in [0.1, 0.15) is 19.3 Å². The van der Waals surface area contributed by atoms with Gasteiger partial charge in [-0.25, -0.2) is 13.7 Å². The Kier molecular flexibility index (Phi) is 9.04. The van der Waals surface area contributed by atoms with Gasteiger partial charge in [0.05, 0.1) is 39.0 Å². The fourth-order valence-electron chi connectivity index (χ4n) is 2.82. The van der Waals surface area contributed by atoms with Gasteiger partial charge in [0.2, 0.25) is 0 Å². The summed E-state index contributed by atoms with van der Waals surface area (Å²) in [4.78, 5) is 35.8. The topological polar surface area (TPSA) is 188 Å². The predicted molar refractivity (Wildman–Crippen MR) is 100 cm³/mol. The lowest BCUT2D eigenvalue weighted by Crippen LogP contribution is -2.45. The molecule has 2 radical (unpaired) electrons. The van der Waals surface area contributed by atoms with E-state index in [-0.39, 0.29) is 5.15 Å². The van der Waals surface area contributed by atoms with Gasteiger partial charge < -0.3 is 33.8 Å². The average molecular weight is 498 g/mol. The molecule has 18 heteroatoms. The van der Waals surface area contributed by atoms with Crippen LogP contribution in [0.25, 0.3) is 0 Å². The molecular formula is C11H22BO13P3S. The minimum absolute atomic E-state index is 0.358. The van der Waals surface area contributed by atoms with E-state index in [4.69, 9.17) is 36.4 Å². The maximum absolute atomic E-state index is 11.9. The molecule has 2 fully saturated rings. The summed E-state index contributed by atoms with van der Waals surface area (Å²) in [5, 5.41) is -0.909. The molecule has 2 heterocycles. The Morgan fingerprint density at radius 3 is 2.28 bits per heavy atom. The molecule has 0 bridgehead atoms. The highest BCUT2D eigenvalue weighted by molar-refractivity contribution is 8.01. The quantitative estimate of drug-likeness (QED) is 0.189. The monoisotopic (exact) mass is 498 g/mol. The van der Waals surface area contributed by atoms with Crippen LogP contribution in [0.3, 0.4) is 0 Å². The maximum Gasteiger partial charge on any atom is 0.490 e. The summed E-state index contributed by atoms with van der Waals surface area (Å²) in [7, 11) is -8.81. The van der Waals surface area contributed by atoms with Crippen molar-refractivity contribution in [3.63, 3.8) is 0 Å². The summed E-state index contributed by atoms with van der Waals surface area (Å²) in [6.45, 7) is 0.404. The van der Waals surface area contributed by atoms with E-state index in [1.807, 2.05) is 0 Å². The Bertz CT molecular complexity index is 697. The first-order chi connectivity index (χ1) is 13.2. The Morgan fingerprint density at radius 1 is 1.10 bits per heavy atom. The van der Waals surface area contributed by atoms with Crippen molar-refractivity contribution in [2.75, 3.05) is 26.9 Å². The van der Waals surface area contributed by atoms with Crippen molar-refractivity contribution in [1.82, 2.24) is 0 Å². The van der Waals surface area contributed by atoms with Crippen LogP contribution in [0.2, 0.25) is 0 Å². The van der Waals surface area contributed by atoms with Gasteiger partial charge in [-0.2, -0.15) is 20.4 Å². The highest BCUT2D eigenvalue weighted by atomic mass is 32.2. The van der Waals surface area contributed by atoms with Gasteiger partial charge in [-0.05, 0) is 11.6 Å². The summed E-state index contributed by atoms with van der Waals surface area (Å²) >= 11 is 1.21. The minimum Gasteiger partial charge on any atom is -0.381 e. The molecule has 2 saturated heterocycles. The van der Waals surface area contributed by atoms with Crippen LogP contribution in [0.5, 0.6) is 0 Å². The second-order valence-electron chi connectivity index (χ2n) is 6.22. The van der Waals surface area contributed by atoms with Crippen molar-refractivity contribution >= 4 is 43.1 Å². The van der Waals surface area contributed by atoms with Crippen LogP contribution in [0.15, 0.2) is 0 Å². The molecule has 0 aromatic heterocycles. The molecule has 5 atom stereocenters. The molecule has 4 N–H and O–H groups in total. The lowest BCUT2D eigenvalue weighted by atomic mass is 9.96. The van der Waals surface area contributed by atoms with Crippen molar-refractivity contribution in [3.8, 4) is 0 Å². The lowest BCUT2D eigenvalue weighted by molar-refractivity contribution is -0.275. The summed E-state index contributed by atoms with van der Waals surface area (Å²) in [5.74, 6) is -0.900. The van der Waals surface area contributed by atoms with E-state index < -0.39 is 47.2 Å². The summed E-state index contributed by atoms with van der Waals surface area (Å²) in [5.41, 5.74) is 0. The molecule has 13 nitrogen and oxygen atoms in total. The zero-order valence-corrected chi connectivity index (χ0v) is 18.8. The fraction of sp³-hybridized carbons (Fsp3) is 1.00. The maximum atomic E-state index is 11.9. The molecule has 29 heavy (non-hydrogen) atoms. The number of hydrogen-bond acceptors (Lipinski definition) is 10. The first kappa shape index (κ1) is 26.0. The number of hydrogen-bond donors (Lipinski definition) is 4. The zero-order chi connectivity index (χ0) is 21.9. The number of thioether (sulfide) groups is 1. The first-order valence-corrected chi connectivity index (χ1v) is 13.7. The van der Waals surface area contributed by atoms with E-state index in [1.165, 1.54) is 18.9 Å². The van der Waals surface area contributed by atoms with Crippen LogP contribution in [-0.2, 0) is 41.1 Å². The molecule has 2 aliphatic rings. The van der Waals surface area contributed by atoms with E-state index in [9.17, 15) is 23.5 Å². The third kappa shape index (κ3) is 8.63. The van der Waals surface area contributed by atoms with Gasteiger partial charge in [0, 0.05) is 20.0 Å². The SMILES string of the molecule is [B]C1CC(OC2(OC)CCOCC2)C(COP(=O)(O)OP(=O)(O)OP(=O)(O)O)S1. The number of methoxy groups -OCH3 is 1. The molecule has 2 aliphatic heterocycles. The molecule has 0 saturated carbocycles. The van der Waals surface area contributed by atoms with E-state index in [1.54, 1.807) is 0 Å². The number of phosphoric ester groups is 1. The van der Waals surface area contributed by atoms with Crippen LogP contribution < -0.4 is 0 Å². The normalized spacial score (nSPS) is 31.8. The molecule has 168 valence electrons. The molecule has 5 unspecified atom stereocenters. The summed E-state index contributed by atoms with van der Waals surface area (Å²) < 4.78 is 62.9. The average Bonchev–Trinajstić information content (AvgIpc) is 2.90. The Balaban J connectivity index is 1.97. The van der Waals surface area contributed by atoms with Crippen LogP contribution in [-0.4, -0.2) is 76.6 Å². The Morgan fingerprint density at radius 2 is 1.72 bits per heavy atom. The summed E-state index contributed by atoms with van der Waals surface area (Å²) in [6, 6.07) is 0. The van der Waals surface area contributed by atoms with Crippen LogP contribution in [0.4, 0.5) is 0 Å². The molecule has 0 amide bonds. The Hall–Kier alpha value is 0.705. The highest BCUT2D eigenvalue weighted by Crippen LogP contribution is 2.66. The smallest absolute Gasteiger partial charge is 0.381 e. The molecule has 0 aromatic rings. The van der Waals surface area contributed by atoms with Crippen LogP contribution >= 0.6 is 35.2 Å². The number of rotatable bonds is 10. The summed E-state index contributed by atoms with van der Waals surface area (Å²) in [6.07, 6.45) is 0.812. The third-order valence-electron chi connectivity index (χ3n) is 4.04. The standard InChI is InChI=1S/C11H22BO13P3S/c1-20-11(2-4-21-5-3-11)23-8-6-10(12)29-9(8)7-22-27(16,17)25-28(18,19)24-26(13,14)15/h8-10H,2-7H2,1H3,(H,16,17)(H,18,19)(H2,13,14,15). The van der Waals surface area contributed by atoms with E-state index in [0.717, 1.165) is 0 Å². The predicted octanol–water partition coefficient (Wildman–Crippen LogP) is 0.868. The zero-order valence-electron chi connectivity index (χ0n) is 15.3. The fourth-order valence-corrected chi connectivity index (χ4v) is 7.20. The minimum atomic E-state index is -5.57. The van der Waals surface area contributed by atoms with Gasteiger partial charge in [-0.3, -0.25) is 4.52 Å². The van der Waals surface area contributed by atoms with Gasteiger partial charge in [0.1, 0.15) is 0 Å². The van der Waals surface area contributed by atoms with Gasteiger partial charge in [0.15, 0.2) is 5.79 Å². The second kappa shape index (κ2) is 10.1. The van der Waals surface area contributed by atoms with Crippen molar-refractivity contribution in [3.05, 3.63) is 0 Å². The van der Waals surface area contributed by atoms with Crippen molar-refractivity contribution in [2.45, 2.75) is 41.6 Å². The first-order valence-electron chi connectivity index (χ1n) is 8.25. The highest BCUT2D eigenvalue weighted by Gasteiger charge is 2.45. The van der Waals surface area contributed by atoms with Gasteiger partial charge in [0.25, 0.3) is 0 Å². The van der Waals surface area contributed by atoms with E-state index >= 15 is 0 Å². The van der Waals surface area contributed by atoms with Gasteiger partial charge >= 0.3 is 23.5 Å². The van der Waals surface area contributed by atoms with Crippen molar-refractivity contribution < 1.29 is 60.6 Å². The molecule has 0 spiro atoms. The molecular weight excluding hydrogens is 476 g/mol. The van der Waals surface area contributed by atoms with Crippen molar-refractivity contribution in [1.29, 1.82) is 0 Å². The molecule has 0 aliphatic carbocycles. The number of ether oxygens (including phenoxy) is 3.